The van der Waals surface area contributed by atoms with E-state index in [0.717, 1.165) is 24.1 Å². The molecule has 0 saturated heterocycles. The fraction of sp³-hybridized carbons (Fsp3) is 0.500. The lowest BCUT2D eigenvalue weighted by Gasteiger charge is -2.36. The Morgan fingerprint density at radius 2 is 1.91 bits per heavy atom. The number of hydrogen-bond donors (Lipinski definition) is 0. The van der Waals surface area contributed by atoms with Crippen LogP contribution in [0.25, 0.3) is 5.69 Å². The minimum absolute atomic E-state index is 0.0629. The van der Waals surface area contributed by atoms with Crippen LogP contribution in [-0.2, 0) is 12.5 Å². The molecule has 0 spiro atoms. The van der Waals surface area contributed by atoms with Gasteiger partial charge in [0.1, 0.15) is 0 Å². The third-order valence-electron chi connectivity index (χ3n) is 6.48. The fourth-order valence-corrected chi connectivity index (χ4v) is 5.13. The van der Waals surface area contributed by atoms with Gasteiger partial charge in [0, 0.05) is 18.0 Å². The summed E-state index contributed by atoms with van der Waals surface area (Å²) in [6.07, 6.45) is 2.26. The van der Waals surface area contributed by atoms with E-state index in [0.29, 0.717) is 10.9 Å². The van der Waals surface area contributed by atoms with Crippen LogP contribution in [-0.4, -0.2) is 9.36 Å². The average molecular weight is 317 g/mol. The van der Waals surface area contributed by atoms with E-state index in [-0.39, 0.29) is 16.4 Å². The Labute approximate surface area is 135 Å². The first kappa shape index (κ1) is 14.1. The third kappa shape index (κ3) is 1.37. The zero-order chi connectivity index (χ0) is 15.9. The van der Waals surface area contributed by atoms with Gasteiger partial charge in [0.05, 0.1) is 16.4 Å². The Bertz CT molecular complexity index is 845. The number of hydrogen-bond acceptors (Lipinski definition) is 1. The summed E-state index contributed by atoms with van der Waals surface area (Å²) in [6, 6.07) is 7.56. The molecule has 2 bridgehead atoms. The van der Waals surface area contributed by atoms with Gasteiger partial charge in [-0.05, 0) is 36.3 Å². The molecule has 2 atom stereocenters. The number of rotatable bonds is 1. The van der Waals surface area contributed by atoms with Crippen LogP contribution < -0.4 is 5.56 Å². The molecule has 0 aliphatic heterocycles. The Kier molecular flexibility index (Phi) is 2.62. The molecule has 1 heterocycles. The second kappa shape index (κ2) is 4.08. The average Bonchev–Trinajstić information content (AvgIpc) is 2.92. The van der Waals surface area contributed by atoms with E-state index in [1.165, 1.54) is 5.69 Å². The van der Waals surface area contributed by atoms with Gasteiger partial charge in [-0.2, -0.15) is 0 Å². The van der Waals surface area contributed by atoms with E-state index < -0.39 is 0 Å². The molecule has 22 heavy (non-hydrogen) atoms. The topological polar surface area (TPSA) is 26.9 Å². The molecular weight excluding hydrogens is 296 g/mol. The van der Waals surface area contributed by atoms with E-state index in [1.54, 1.807) is 4.68 Å². The maximum Gasteiger partial charge on any atom is 0.275 e. The van der Waals surface area contributed by atoms with E-state index >= 15 is 0 Å². The van der Waals surface area contributed by atoms with Crippen LogP contribution in [0.5, 0.6) is 0 Å². The normalized spacial score (nSPS) is 28.1. The Balaban J connectivity index is 2.05. The van der Waals surface area contributed by atoms with Crippen LogP contribution in [0.15, 0.2) is 29.1 Å². The minimum Gasteiger partial charge on any atom is -0.284 e. The molecule has 2 unspecified atom stereocenters. The van der Waals surface area contributed by atoms with Crippen molar-refractivity contribution < 1.29 is 0 Å². The number of fused-ring (bicyclic) bond motifs is 5. The molecule has 4 rings (SSSR count). The summed E-state index contributed by atoms with van der Waals surface area (Å²) in [4.78, 5) is 13.1. The number of halogens is 1. The predicted molar refractivity (Wildman–Crippen MR) is 89.1 cm³/mol. The number of benzene rings is 1. The molecule has 2 aliphatic rings. The Morgan fingerprint density at radius 1 is 1.23 bits per heavy atom. The van der Waals surface area contributed by atoms with Crippen molar-refractivity contribution in [1.29, 1.82) is 0 Å². The van der Waals surface area contributed by atoms with Gasteiger partial charge < -0.3 is 0 Å². The lowest BCUT2D eigenvalue weighted by molar-refractivity contribution is 0.218. The zero-order valence-electron chi connectivity index (χ0n) is 13.5. The van der Waals surface area contributed by atoms with Gasteiger partial charge in [-0.3, -0.25) is 9.48 Å². The summed E-state index contributed by atoms with van der Waals surface area (Å²) in [5.74, 6) is 0.356. The van der Waals surface area contributed by atoms with Crippen LogP contribution >= 0.6 is 11.6 Å². The first-order chi connectivity index (χ1) is 10.3. The molecule has 0 amide bonds. The number of para-hydroxylation sites is 1. The molecule has 0 radical (unpaired) electrons. The lowest BCUT2D eigenvalue weighted by Crippen LogP contribution is -2.35. The summed E-state index contributed by atoms with van der Waals surface area (Å²) in [6.45, 7) is 6.93. The van der Waals surface area contributed by atoms with E-state index in [2.05, 4.69) is 20.8 Å². The predicted octanol–water partition coefficient (Wildman–Crippen LogP) is 4.00. The van der Waals surface area contributed by atoms with Crippen LogP contribution in [0.4, 0.5) is 0 Å². The van der Waals surface area contributed by atoms with Gasteiger partial charge in [0.25, 0.3) is 5.56 Å². The molecule has 1 aromatic carbocycles. The highest BCUT2D eigenvalue weighted by molar-refractivity contribution is 6.32. The highest BCUT2D eigenvalue weighted by atomic mass is 35.5. The van der Waals surface area contributed by atoms with Crippen molar-refractivity contribution in [3.8, 4) is 5.69 Å². The van der Waals surface area contributed by atoms with E-state index in [9.17, 15) is 4.79 Å². The van der Waals surface area contributed by atoms with Crippen molar-refractivity contribution in [3.05, 3.63) is 50.9 Å². The summed E-state index contributed by atoms with van der Waals surface area (Å²) >= 11 is 6.33. The van der Waals surface area contributed by atoms with Crippen molar-refractivity contribution in [2.24, 2.45) is 12.5 Å². The van der Waals surface area contributed by atoms with E-state index in [1.807, 2.05) is 36.0 Å². The number of aromatic nitrogens is 2. The largest absolute Gasteiger partial charge is 0.284 e. The van der Waals surface area contributed by atoms with Crippen molar-refractivity contribution in [3.63, 3.8) is 0 Å². The van der Waals surface area contributed by atoms with Crippen molar-refractivity contribution in [2.75, 3.05) is 0 Å². The highest BCUT2D eigenvalue weighted by Gasteiger charge is 2.62. The van der Waals surface area contributed by atoms with Crippen LogP contribution in [0.1, 0.15) is 50.8 Å². The van der Waals surface area contributed by atoms with Crippen molar-refractivity contribution >= 4 is 11.6 Å². The molecule has 1 fully saturated rings. The van der Waals surface area contributed by atoms with Gasteiger partial charge in [-0.15, -0.1) is 0 Å². The standard InChI is InChI=1S/C18H21ClN2O/c1-17(2)11-9-10-18(17,3)15-14(11)16(22)21(20(15)4)13-8-6-5-7-12(13)19/h5-8,11H,9-10H2,1-4H3. The minimum atomic E-state index is 0.0629. The van der Waals surface area contributed by atoms with Gasteiger partial charge >= 0.3 is 0 Å². The van der Waals surface area contributed by atoms with Crippen LogP contribution in [0.3, 0.4) is 0 Å². The molecule has 2 aromatic rings. The van der Waals surface area contributed by atoms with Gasteiger partial charge in [-0.25, -0.2) is 4.68 Å². The summed E-state index contributed by atoms with van der Waals surface area (Å²) < 4.78 is 3.79. The maximum atomic E-state index is 13.1. The molecule has 2 aliphatic carbocycles. The van der Waals surface area contributed by atoms with E-state index in [4.69, 9.17) is 11.6 Å². The molecule has 0 N–H and O–H groups in total. The SMILES string of the molecule is Cn1c2c(c(=O)n1-c1ccccc1Cl)C1CCC2(C)C1(C)C. The molecule has 1 saturated carbocycles. The summed E-state index contributed by atoms with van der Waals surface area (Å²) in [5, 5.41) is 0.612. The van der Waals surface area contributed by atoms with Gasteiger partial charge in [0.2, 0.25) is 0 Å². The maximum absolute atomic E-state index is 13.1. The lowest BCUT2D eigenvalue weighted by atomic mass is 9.70. The van der Waals surface area contributed by atoms with Gasteiger partial charge in [-0.1, -0.05) is 44.5 Å². The first-order valence-corrected chi connectivity index (χ1v) is 8.26. The van der Waals surface area contributed by atoms with Crippen LogP contribution in [0, 0.1) is 5.41 Å². The number of nitrogens with zero attached hydrogens (tertiary/aromatic N) is 2. The second-order valence-electron chi connectivity index (χ2n) is 7.50. The van der Waals surface area contributed by atoms with Gasteiger partial charge in [0.15, 0.2) is 0 Å². The molecular formula is C18H21ClN2O. The molecule has 116 valence electrons. The fourth-order valence-electron chi connectivity index (χ4n) is 4.92. The first-order valence-electron chi connectivity index (χ1n) is 7.88. The smallest absolute Gasteiger partial charge is 0.275 e. The highest BCUT2D eigenvalue weighted by Crippen LogP contribution is 2.66. The quantitative estimate of drug-likeness (QED) is 0.781. The molecule has 3 nitrogen and oxygen atoms in total. The summed E-state index contributed by atoms with van der Waals surface area (Å²) in [7, 11) is 1.99. The second-order valence-corrected chi connectivity index (χ2v) is 7.91. The van der Waals surface area contributed by atoms with Crippen LogP contribution in [0.2, 0.25) is 5.02 Å². The van der Waals surface area contributed by atoms with Crippen molar-refractivity contribution in [1.82, 2.24) is 9.36 Å². The monoisotopic (exact) mass is 316 g/mol. The van der Waals surface area contributed by atoms with Crippen molar-refractivity contribution in [2.45, 2.75) is 44.9 Å². The Hall–Kier alpha value is -1.48. The molecule has 4 heteroatoms. The third-order valence-corrected chi connectivity index (χ3v) is 6.80. The zero-order valence-corrected chi connectivity index (χ0v) is 14.2. The molecule has 1 aromatic heterocycles. The Morgan fingerprint density at radius 3 is 2.55 bits per heavy atom. The summed E-state index contributed by atoms with van der Waals surface area (Å²) in [5.41, 5.74) is 3.31.